The van der Waals surface area contributed by atoms with Crippen LogP contribution in [-0.4, -0.2) is 23.4 Å². The average molecular weight is 246 g/mol. The molecule has 2 rings (SSSR count). The molecule has 1 saturated heterocycles. The lowest BCUT2D eigenvalue weighted by Gasteiger charge is -2.36. The summed E-state index contributed by atoms with van der Waals surface area (Å²) in [6.07, 6.45) is 2.32. The van der Waals surface area contributed by atoms with Gasteiger partial charge in [0.15, 0.2) is 0 Å². The van der Waals surface area contributed by atoms with Gasteiger partial charge in [-0.2, -0.15) is 0 Å². The fourth-order valence-electron chi connectivity index (χ4n) is 2.52. The summed E-state index contributed by atoms with van der Waals surface area (Å²) in [4.78, 5) is 14.5. The first-order valence-corrected chi connectivity index (χ1v) is 6.71. The van der Waals surface area contributed by atoms with E-state index in [1.807, 2.05) is 29.2 Å². The zero-order valence-corrected chi connectivity index (χ0v) is 11.2. The van der Waals surface area contributed by atoms with Gasteiger partial charge in [-0.05, 0) is 43.4 Å². The first-order valence-electron chi connectivity index (χ1n) is 6.71. The quantitative estimate of drug-likeness (QED) is 0.871. The zero-order valence-electron chi connectivity index (χ0n) is 11.2. The fourth-order valence-corrected chi connectivity index (χ4v) is 2.52. The van der Waals surface area contributed by atoms with Crippen LogP contribution in [0.5, 0.6) is 0 Å². The van der Waals surface area contributed by atoms with E-state index in [9.17, 15) is 4.79 Å². The average Bonchev–Trinajstić information content (AvgIpc) is 2.41. The molecule has 1 aromatic rings. The number of likely N-dealkylation sites (tertiary alicyclic amines) is 1. The first kappa shape index (κ1) is 13.1. The Morgan fingerprint density at radius 3 is 2.56 bits per heavy atom. The number of carbonyl (C=O) groups is 1. The van der Waals surface area contributed by atoms with Crippen LogP contribution in [0.1, 0.15) is 42.6 Å². The van der Waals surface area contributed by atoms with Crippen LogP contribution in [0.4, 0.5) is 0 Å². The van der Waals surface area contributed by atoms with Crippen molar-refractivity contribution in [2.45, 2.75) is 39.3 Å². The predicted molar refractivity (Wildman–Crippen MR) is 73.2 cm³/mol. The topological polar surface area (TPSA) is 46.3 Å². The summed E-state index contributed by atoms with van der Waals surface area (Å²) >= 11 is 0. The number of carbonyl (C=O) groups excluding carboxylic acids is 1. The van der Waals surface area contributed by atoms with Gasteiger partial charge in [-0.15, -0.1) is 0 Å². The van der Waals surface area contributed by atoms with Crippen LogP contribution in [0.2, 0.25) is 0 Å². The van der Waals surface area contributed by atoms with Crippen LogP contribution in [0.15, 0.2) is 24.3 Å². The Balaban J connectivity index is 2.13. The minimum Gasteiger partial charge on any atom is -0.336 e. The maximum atomic E-state index is 12.4. The molecule has 0 aliphatic carbocycles. The molecule has 3 heteroatoms. The lowest BCUT2D eigenvalue weighted by molar-refractivity contribution is 0.0574. The number of hydrogen-bond acceptors (Lipinski definition) is 2. The maximum Gasteiger partial charge on any atom is 0.254 e. The van der Waals surface area contributed by atoms with E-state index in [-0.39, 0.29) is 5.91 Å². The molecule has 0 saturated carbocycles. The van der Waals surface area contributed by atoms with Crippen LogP contribution in [0.25, 0.3) is 0 Å². The van der Waals surface area contributed by atoms with Crippen LogP contribution in [0, 0.1) is 5.92 Å². The Bertz CT molecular complexity index is 413. The van der Waals surface area contributed by atoms with Gasteiger partial charge >= 0.3 is 0 Å². The van der Waals surface area contributed by atoms with Crippen molar-refractivity contribution in [2.24, 2.45) is 11.7 Å². The van der Waals surface area contributed by atoms with Crippen LogP contribution in [-0.2, 0) is 6.54 Å². The second-order valence-electron chi connectivity index (χ2n) is 5.39. The van der Waals surface area contributed by atoms with Crippen LogP contribution < -0.4 is 5.73 Å². The fraction of sp³-hybridized carbons (Fsp3) is 0.533. The van der Waals surface area contributed by atoms with Gasteiger partial charge in [-0.3, -0.25) is 4.79 Å². The normalized spacial score (nSPS) is 24.1. The Labute approximate surface area is 109 Å². The van der Waals surface area contributed by atoms with Crippen LogP contribution in [0.3, 0.4) is 0 Å². The van der Waals surface area contributed by atoms with E-state index in [1.54, 1.807) is 0 Å². The standard InChI is InChI=1S/C15H22N2O/c1-11-3-4-12(2)17(10-11)15(18)14-7-5-13(9-16)6-8-14/h5-8,11-12H,3-4,9-10,16H2,1-2H3. The van der Waals surface area contributed by atoms with E-state index in [0.717, 1.165) is 24.1 Å². The van der Waals surface area contributed by atoms with Gasteiger partial charge in [0.05, 0.1) is 0 Å². The summed E-state index contributed by atoms with van der Waals surface area (Å²) in [6.45, 7) is 5.74. The highest BCUT2D eigenvalue weighted by molar-refractivity contribution is 5.94. The van der Waals surface area contributed by atoms with Crippen molar-refractivity contribution in [3.8, 4) is 0 Å². The van der Waals surface area contributed by atoms with Crippen molar-refractivity contribution in [3.63, 3.8) is 0 Å². The van der Waals surface area contributed by atoms with E-state index in [2.05, 4.69) is 13.8 Å². The van der Waals surface area contributed by atoms with E-state index in [4.69, 9.17) is 5.73 Å². The Kier molecular flexibility index (Phi) is 4.02. The molecule has 2 atom stereocenters. The molecule has 1 amide bonds. The molecule has 1 aliphatic rings. The van der Waals surface area contributed by atoms with Gasteiger partial charge in [-0.25, -0.2) is 0 Å². The Morgan fingerprint density at radius 1 is 1.28 bits per heavy atom. The smallest absolute Gasteiger partial charge is 0.254 e. The molecule has 0 bridgehead atoms. The van der Waals surface area contributed by atoms with Crippen molar-refractivity contribution < 1.29 is 4.79 Å². The van der Waals surface area contributed by atoms with Crippen molar-refractivity contribution in [1.82, 2.24) is 4.90 Å². The number of rotatable bonds is 2. The third kappa shape index (κ3) is 2.72. The van der Waals surface area contributed by atoms with E-state index in [1.165, 1.54) is 6.42 Å². The molecular weight excluding hydrogens is 224 g/mol. The van der Waals surface area contributed by atoms with E-state index in [0.29, 0.717) is 18.5 Å². The minimum absolute atomic E-state index is 0.151. The van der Waals surface area contributed by atoms with Crippen molar-refractivity contribution in [3.05, 3.63) is 35.4 Å². The van der Waals surface area contributed by atoms with Crippen molar-refractivity contribution >= 4 is 5.91 Å². The molecule has 0 spiro atoms. The van der Waals surface area contributed by atoms with E-state index >= 15 is 0 Å². The molecule has 1 aromatic carbocycles. The molecule has 18 heavy (non-hydrogen) atoms. The van der Waals surface area contributed by atoms with Gasteiger partial charge in [0.2, 0.25) is 0 Å². The number of amides is 1. The molecular formula is C15H22N2O. The summed E-state index contributed by atoms with van der Waals surface area (Å²) < 4.78 is 0. The third-order valence-corrected chi connectivity index (χ3v) is 3.82. The number of piperidine rings is 1. The van der Waals surface area contributed by atoms with Crippen molar-refractivity contribution in [2.75, 3.05) is 6.54 Å². The van der Waals surface area contributed by atoms with Gasteiger partial charge in [0.1, 0.15) is 0 Å². The molecule has 2 N–H and O–H groups in total. The number of nitrogens with two attached hydrogens (primary N) is 1. The SMILES string of the molecule is CC1CCC(C)N(C(=O)c2ccc(CN)cc2)C1. The molecule has 1 heterocycles. The molecule has 0 aromatic heterocycles. The highest BCUT2D eigenvalue weighted by atomic mass is 16.2. The highest BCUT2D eigenvalue weighted by Gasteiger charge is 2.27. The second kappa shape index (κ2) is 5.53. The zero-order chi connectivity index (χ0) is 13.1. The molecule has 1 aliphatic heterocycles. The largest absolute Gasteiger partial charge is 0.336 e. The Morgan fingerprint density at radius 2 is 1.94 bits per heavy atom. The summed E-state index contributed by atoms with van der Waals surface area (Å²) in [7, 11) is 0. The maximum absolute atomic E-state index is 12.4. The lowest BCUT2D eigenvalue weighted by Crippen LogP contribution is -2.44. The van der Waals surface area contributed by atoms with Gasteiger partial charge in [-0.1, -0.05) is 19.1 Å². The molecule has 2 unspecified atom stereocenters. The molecule has 0 radical (unpaired) electrons. The predicted octanol–water partition coefficient (Wildman–Crippen LogP) is 2.41. The van der Waals surface area contributed by atoms with Gasteiger partial charge in [0, 0.05) is 24.7 Å². The van der Waals surface area contributed by atoms with Crippen molar-refractivity contribution in [1.29, 1.82) is 0 Å². The summed E-state index contributed by atoms with van der Waals surface area (Å²) in [5.74, 6) is 0.756. The van der Waals surface area contributed by atoms with E-state index < -0.39 is 0 Å². The third-order valence-electron chi connectivity index (χ3n) is 3.82. The second-order valence-corrected chi connectivity index (χ2v) is 5.39. The summed E-state index contributed by atoms with van der Waals surface area (Å²) in [6, 6.07) is 7.99. The number of hydrogen-bond donors (Lipinski definition) is 1. The Hall–Kier alpha value is -1.35. The summed E-state index contributed by atoms with van der Waals surface area (Å²) in [5, 5.41) is 0. The highest BCUT2D eigenvalue weighted by Crippen LogP contribution is 2.23. The first-order chi connectivity index (χ1) is 8.61. The monoisotopic (exact) mass is 246 g/mol. The number of nitrogens with zero attached hydrogens (tertiary/aromatic N) is 1. The van der Waals surface area contributed by atoms with Gasteiger partial charge in [0.25, 0.3) is 5.91 Å². The summed E-state index contributed by atoms with van der Waals surface area (Å²) in [5.41, 5.74) is 7.40. The lowest BCUT2D eigenvalue weighted by atomic mass is 9.94. The molecule has 3 nitrogen and oxygen atoms in total. The molecule has 98 valence electrons. The molecule has 1 fully saturated rings. The van der Waals surface area contributed by atoms with Crippen LogP contribution >= 0.6 is 0 Å². The number of benzene rings is 1. The minimum atomic E-state index is 0.151. The van der Waals surface area contributed by atoms with Gasteiger partial charge < -0.3 is 10.6 Å².